The Balaban J connectivity index is 3.95. The second kappa shape index (κ2) is 3.71. The average molecular weight is 145 g/mol. The molecule has 1 atom stereocenters. The van der Waals surface area contributed by atoms with Gasteiger partial charge in [-0.3, -0.25) is 0 Å². The van der Waals surface area contributed by atoms with E-state index in [0.29, 0.717) is 11.0 Å². The van der Waals surface area contributed by atoms with Crippen LogP contribution in [-0.4, -0.2) is 18.2 Å². The number of likely N-dealkylation sites (N-methyl/N-ethyl adjacent to an activating group) is 1. The minimum atomic E-state index is -0.167. The predicted octanol–water partition coefficient (Wildman–Crippen LogP) is 2.40. The maximum absolute atomic E-state index is 12.5. The van der Waals surface area contributed by atoms with E-state index < -0.39 is 0 Å². The van der Waals surface area contributed by atoms with Crippen LogP contribution in [0.3, 0.4) is 0 Å². The molecular formula is C8H16FN. The molecule has 0 aliphatic heterocycles. The lowest BCUT2D eigenvalue weighted by Crippen LogP contribution is -2.24. The SMILES string of the molecule is C=C(C(C)C)C(C)N(C)F. The number of rotatable bonds is 3. The molecule has 0 aromatic heterocycles. The number of hydrogen-bond donors (Lipinski definition) is 0. The van der Waals surface area contributed by atoms with Crippen LogP contribution < -0.4 is 0 Å². The van der Waals surface area contributed by atoms with Crippen molar-refractivity contribution in [3.05, 3.63) is 12.2 Å². The van der Waals surface area contributed by atoms with Gasteiger partial charge in [-0.1, -0.05) is 26.0 Å². The zero-order valence-electron chi connectivity index (χ0n) is 7.19. The molecule has 1 unspecified atom stereocenters. The van der Waals surface area contributed by atoms with E-state index in [1.807, 2.05) is 20.8 Å². The lowest BCUT2D eigenvalue weighted by atomic mass is 9.99. The molecule has 0 aliphatic carbocycles. The Morgan fingerprint density at radius 3 is 1.90 bits per heavy atom. The van der Waals surface area contributed by atoms with Gasteiger partial charge in [0.2, 0.25) is 0 Å². The first-order chi connectivity index (χ1) is 4.46. The highest BCUT2D eigenvalue weighted by Crippen LogP contribution is 2.15. The van der Waals surface area contributed by atoms with Crippen molar-refractivity contribution in [3.8, 4) is 0 Å². The summed E-state index contributed by atoms with van der Waals surface area (Å²) in [6.07, 6.45) is 0. The lowest BCUT2D eigenvalue weighted by Gasteiger charge is -2.20. The molecule has 0 amide bonds. The molecule has 0 N–H and O–H groups in total. The fraction of sp³-hybridized carbons (Fsp3) is 0.750. The third-order valence-electron chi connectivity index (χ3n) is 1.81. The van der Waals surface area contributed by atoms with Gasteiger partial charge in [0, 0.05) is 7.05 Å². The summed E-state index contributed by atoms with van der Waals surface area (Å²) in [5.74, 6) is 0.355. The first-order valence-electron chi connectivity index (χ1n) is 3.54. The Labute approximate surface area is 62.5 Å². The highest BCUT2D eigenvalue weighted by Gasteiger charge is 2.13. The molecule has 0 bridgehead atoms. The quantitative estimate of drug-likeness (QED) is 0.435. The Kier molecular flexibility index (Phi) is 3.58. The van der Waals surface area contributed by atoms with Crippen LogP contribution >= 0.6 is 0 Å². The molecule has 0 heterocycles. The average Bonchev–Trinajstić information content (AvgIpc) is 1.84. The molecule has 10 heavy (non-hydrogen) atoms. The largest absolute Gasteiger partial charge is 0.143 e. The third-order valence-corrected chi connectivity index (χ3v) is 1.81. The van der Waals surface area contributed by atoms with E-state index in [2.05, 4.69) is 6.58 Å². The van der Waals surface area contributed by atoms with Gasteiger partial charge in [0.25, 0.3) is 0 Å². The molecule has 0 aromatic carbocycles. The standard InChI is InChI=1S/C8H16FN/c1-6(2)7(3)8(4)10(5)9/h6,8H,3H2,1-2,4-5H3. The summed E-state index contributed by atoms with van der Waals surface area (Å²) >= 11 is 0. The fourth-order valence-electron chi connectivity index (χ4n) is 0.711. The number of hydrogen-bond acceptors (Lipinski definition) is 1. The van der Waals surface area contributed by atoms with Crippen molar-refractivity contribution in [2.75, 3.05) is 7.05 Å². The van der Waals surface area contributed by atoms with Gasteiger partial charge in [-0.25, -0.2) is 0 Å². The summed E-state index contributed by atoms with van der Waals surface area (Å²) in [5, 5.41) is 0.683. The van der Waals surface area contributed by atoms with E-state index in [1.54, 1.807) is 0 Å². The monoisotopic (exact) mass is 145 g/mol. The Hall–Kier alpha value is -0.370. The number of halogens is 1. The van der Waals surface area contributed by atoms with Crippen LogP contribution in [0.25, 0.3) is 0 Å². The van der Waals surface area contributed by atoms with Gasteiger partial charge in [0.05, 0.1) is 6.04 Å². The Morgan fingerprint density at radius 2 is 1.80 bits per heavy atom. The molecule has 0 saturated heterocycles. The smallest absolute Gasteiger partial charge is 0.0580 e. The fourth-order valence-corrected chi connectivity index (χ4v) is 0.711. The van der Waals surface area contributed by atoms with Gasteiger partial charge in [-0.05, 0) is 12.8 Å². The Bertz CT molecular complexity index is 118. The second-order valence-electron chi connectivity index (χ2n) is 2.93. The Morgan fingerprint density at radius 1 is 1.40 bits per heavy atom. The van der Waals surface area contributed by atoms with Gasteiger partial charge < -0.3 is 0 Å². The zero-order valence-corrected chi connectivity index (χ0v) is 7.19. The molecule has 0 aromatic rings. The number of nitrogens with zero attached hydrogens (tertiary/aromatic N) is 1. The molecule has 0 radical (unpaired) electrons. The molecule has 0 fully saturated rings. The predicted molar refractivity (Wildman–Crippen MR) is 42.3 cm³/mol. The van der Waals surface area contributed by atoms with Gasteiger partial charge in [-0.15, -0.1) is 9.60 Å². The van der Waals surface area contributed by atoms with E-state index >= 15 is 0 Å². The molecule has 2 heteroatoms. The van der Waals surface area contributed by atoms with Gasteiger partial charge in [-0.2, -0.15) is 0 Å². The first kappa shape index (κ1) is 9.63. The van der Waals surface area contributed by atoms with Crippen molar-refractivity contribution < 1.29 is 4.48 Å². The maximum Gasteiger partial charge on any atom is 0.0580 e. The molecule has 0 rings (SSSR count). The lowest BCUT2D eigenvalue weighted by molar-refractivity contribution is 0.0289. The van der Waals surface area contributed by atoms with Crippen LogP contribution in [0.15, 0.2) is 12.2 Å². The molecule has 60 valence electrons. The van der Waals surface area contributed by atoms with Crippen molar-refractivity contribution in [2.24, 2.45) is 5.92 Å². The van der Waals surface area contributed by atoms with Crippen molar-refractivity contribution in [1.29, 1.82) is 0 Å². The minimum absolute atomic E-state index is 0.167. The zero-order chi connectivity index (χ0) is 8.31. The van der Waals surface area contributed by atoms with Crippen LogP contribution in [0.2, 0.25) is 0 Å². The topological polar surface area (TPSA) is 3.24 Å². The van der Waals surface area contributed by atoms with Crippen LogP contribution in [-0.2, 0) is 0 Å². The summed E-state index contributed by atoms with van der Waals surface area (Å²) in [7, 11) is 1.41. The van der Waals surface area contributed by atoms with E-state index in [4.69, 9.17) is 0 Å². The van der Waals surface area contributed by atoms with Crippen molar-refractivity contribution >= 4 is 0 Å². The van der Waals surface area contributed by atoms with Crippen LogP contribution in [0, 0.1) is 5.92 Å². The second-order valence-corrected chi connectivity index (χ2v) is 2.93. The maximum atomic E-state index is 12.5. The minimum Gasteiger partial charge on any atom is -0.143 e. The normalized spacial score (nSPS) is 14.3. The van der Waals surface area contributed by atoms with E-state index in [0.717, 1.165) is 5.57 Å². The summed E-state index contributed by atoms with van der Waals surface area (Å²) in [5.41, 5.74) is 0.935. The highest BCUT2D eigenvalue weighted by molar-refractivity contribution is 5.05. The van der Waals surface area contributed by atoms with Crippen LogP contribution in [0.5, 0.6) is 0 Å². The van der Waals surface area contributed by atoms with Crippen LogP contribution in [0.4, 0.5) is 4.48 Å². The summed E-state index contributed by atoms with van der Waals surface area (Å²) in [6, 6.07) is -0.167. The molecule has 1 nitrogen and oxygen atoms in total. The van der Waals surface area contributed by atoms with Gasteiger partial charge in [0.15, 0.2) is 0 Å². The van der Waals surface area contributed by atoms with Crippen molar-refractivity contribution in [2.45, 2.75) is 26.8 Å². The van der Waals surface area contributed by atoms with Gasteiger partial charge >= 0.3 is 0 Å². The first-order valence-corrected chi connectivity index (χ1v) is 3.54. The summed E-state index contributed by atoms with van der Waals surface area (Å²) in [4.78, 5) is 0. The van der Waals surface area contributed by atoms with Crippen molar-refractivity contribution in [3.63, 3.8) is 0 Å². The van der Waals surface area contributed by atoms with Crippen molar-refractivity contribution in [1.82, 2.24) is 5.12 Å². The summed E-state index contributed by atoms with van der Waals surface area (Å²) in [6.45, 7) is 9.63. The van der Waals surface area contributed by atoms with Gasteiger partial charge in [0.1, 0.15) is 0 Å². The molecule has 0 saturated carbocycles. The summed E-state index contributed by atoms with van der Waals surface area (Å²) < 4.78 is 12.5. The molecule has 0 spiro atoms. The highest BCUT2D eigenvalue weighted by atomic mass is 19.2. The van der Waals surface area contributed by atoms with E-state index in [1.165, 1.54) is 7.05 Å². The molecular weight excluding hydrogens is 129 g/mol. The van der Waals surface area contributed by atoms with Crippen LogP contribution in [0.1, 0.15) is 20.8 Å². The van der Waals surface area contributed by atoms with E-state index in [9.17, 15) is 4.48 Å². The third kappa shape index (κ3) is 2.48. The van der Waals surface area contributed by atoms with E-state index in [-0.39, 0.29) is 6.04 Å². The molecule has 0 aliphatic rings.